The van der Waals surface area contributed by atoms with E-state index in [-0.39, 0.29) is 11.9 Å². The summed E-state index contributed by atoms with van der Waals surface area (Å²) in [5.41, 5.74) is 5.86. The summed E-state index contributed by atoms with van der Waals surface area (Å²) >= 11 is 5.19. The van der Waals surface area contributed by atoms with Gasteiger partial charge in [-0.05, 0) is 41.9 Å². The highest BCUT2D eigenvalue weighted by atomic mass is 79.9. The topological polar surface area (TPSA) is 49.6 Å². The first kappa shape index (κ1) is 15.9. The Bertz CT molecular complexity index is 445. The summed E-state index contributed by atoms with van der Waals surface area (Å²) < 4.78 is 1.11. The van der Waals surface area contributed by atoms with Gasteiger partial charge in [-0.3, -0.25) is 9.69 Å². The second-order valence-corrected chi connectivity index (χ2v) is 7.24. The third kappa shape index (κ3) is 4.28. The number of amides is 1. The molecule has 0 saturated carbocycles. The number of thiophene rings is 1. The summed E-state index contributed by atoms with van der Waals surface area (Å²) in [5.74, 6) is 0.247. The van der Waals surface area contributed by atoms with Crippen LogP contribution in [0, 0.1) is 0 Å². The van der Waals surface area contributed by atoms with Crippen molar-refractivity contribution >= 4 is 33.2 Å². The Morgan fingerprint density at radius 3 is 2.80 bits per heavy atom. The minimum atomic E-state index is 0.115. The van der Waals surface area contributed by atoms with Crippen molar-refractivity contribution in [3.05, 3.63) is 20.8 Å². The standard InChI is InChI=1S/C14H22BrN3OS/c1-17(9-13-6-11(15)10-20-13)12(8-16)7-14(19)18-4-2-3-5-18/h6,10,12H,2-5,7-9,16H2,1H3. The van der Waals surface area contributed by atoms with Crippen LogP contribution in [-0.4, -0.2) is 48.4 Å². The molecular weight excluding hydrogens is 338 g/mol. The summed E-state index contributed by atoms with van der Waals surface area (Å²) in [5, 5.41) is 2.08. The van der Waals surface area contributed by atoms with E-state index in [0.29, 0.717) is 13.0 Å². The number of likely N-dealkylation sites (N-methyl/N-ethyl adjacent to an activating group) is 1. The van der Waals surface area contributed by atoms with Gasteiger partial charge in [0.05, 0.1) is 0 Å². The molecule has 0 aromatic carbocycles. The van der Waals surface area contributed by atoms with Gasteiger partial charge in [-0.2, -0.15) is 0 Å². The summed E-state index contributed by atoms with van der Waals surface area (Å²) in [6, 6.07) is 2.24. The highest BCUT2D eigenvalue weighted by Crippen LogP contribution is 2.22. The third-order valence-corrected chi connectivity index (χ3v) is 5.47. The summed E-state index contributed by atoms with van der Waals surface area (Å²) in [6.07, 6.45) is 2.80. The number of carbonyl (C=O) groups excluding carboxylic acids is 1. The molecule has 1 fully saturated rings. The number of rotatable bonds is 6. The van der Waals surface area contributed by atoms with Crippen molar-refractivity contribution in [1.82, 2.24) is 9.80 Å². The molecule has 1 amide bonds. The van der Waals surface area contributed by atoms with E-state index >= 15 is 0 Å². The Hall–Kier alpha value is -0.430. The van der Waals surface area contributed by atoms with E-state index in [9.17, 15) is 4.79 Å². The molecule has 1 aromatic rings. The SMILES string of the molecule is CN(Cc1cc(Br)cs1)C(CN)CC(=O)N1CCCC1. The molecule has 0 spiro atoms. The summed E-state index contributed by atoms with van der Waals surface area (Å²) in [7, 11) is 2.04. The van der Waals surface area contributed by atoms with Crippen LogP contribution in [0.25, 0.3) is 0 Å². The minimum absolute atomic E-state index is 0.115. The van der Waals surface area contributed by atoms with Crippen molar-refractivity contribution in [3.8, 4) is 0 Å². The van der Waals surface area contributed by atoms with Crippen LogP contribution in [0.2, 0.25) is 0 Å². The molecule has 20 heavy (non-hydrogen) atoms. The van der Waals surface area contributed by atoms with E-state index in [1.165, 1.54) is 4.88 Å². The number of hydrogen-bond donors (Lipinski definition) is 1. The highest BCUT2D eigenvalue weighted by Gasteiger charge is 2.23. The molecule has 0 bridgehead atoms. The van der Waals surface area contributed by atoms with E-state index in [4.69, 9.17) is 5.73 Å². The average Bonchev–Trinajstić information content (AvgIpc) is 3.07. The molecule has 4 nitrogen and oxygen atoms in total. The first-order valence-electron chi connectivity index (χ1n) is 7.01. The largest absolute Gasteiger partial charge is 0.343 e. The number of nitrogens with zero attached hydrogens (tertiary/aromatic N) is 2. The maximum atomic E-state index is 12.2. The van der Waals surface area contributed by atoms with Crippen LogP contribution in [0.4, 0.5) is 0 Å². The van der Waals surface area contributed by atoms with Crippen molar-refractivity contribution in [2.24, 2.45) is 5.73 Å². The van der Waals surface area contributed by atoms with Crippen molar-refractivity contribution < 1.29 is 4.79 Å². The molecule has 1 atom stereocenters. The molecule has 2 heterocycles. The lowest BCUT2D eigenvalue weighted by atomic mass is 10.1. The fraction of sp³-hybridized carbons (Fsp3) is 0.643. The van der Waals surface area contributed by atoms with E-state index in [0.717, 1.165) is 36.9 Å². The molecule has 1 aliphatic rings. The maximum Gasteiger partial charge on any atom is 0.224 e. The smallest absolute Gasteiger partial charge is 0.224 e. The van der Waals surface area contributed by atoms with Gasteiger partial charge in [-0.1, -0.05) is 0 Å². The zero-order valence-electron chi connectivity index (χ0n) is 11.8. The first-order valence-corrected chi connectivity index (χ1v) is 8.68. The molecule has 6 heteroatoms. The summed E-state index contributed by atoms with van der Waals surface area (Å²) in [6.45, 7) is 3.18. The van der Waals surface area contributed by atoms with Gasteiger partial charge < -0.3 is 10.6 Å². The number of carbonyl (C=O) groups is 1. The normalized spacial score (nSPS) is 16.9. The Labute approximate surface area is 133 Å². The van der Waals surface area contributed by atoms with Gasteiger partial charge in [0.2, 0.25) is 5.91 Å². The van der Waals surface area contributed by atoms with Crippen LogP contribution >= 0.6 is 27.3 Å². The maximum absolute atomic E-state index is 12.2. The third-order valence-electron chi connectivity index (χ3n) is 3.79. The van der Waals surface area contributed by atoms with Gasteiger partial charge in [-0.25, -0.2) is 0 Å². The minimum Gasteiger partial charge on any atom is -0.343 e. The van der Waals surface area contributed by atoms with Gasteiger partial charge in [0.15, 0.2) is 0 Å². The number of likely N-dealkylation sites (tertiary alicyclic amines) is 1. The fourth-order valence-electron chi connectivity index (χ4n) is 2.53. The van der Waals surface area contributed by atoms with E-state index < -0.39 is 0 Å². The lowest BCUT2D eigenvalue weighted by Crippen LogP contribution is -2.42. The number of nitrogens with two attached hydrogens (primary N) is 1. The Balaban J connectivity index is 1.88. The molecule has 1 aliphatic heterocycles. The monoisotopic (exact) mass is 359 g/mol. The molecule has 1 saturated heterocycles. The molecule has 1 aromatic heterocycles. The molecule has 1 unspecified atom stereocenters. The van der Waals surface area contributed by atoms with Crippen LogP contribution < -0.4 is 5.73 Å². The number of hydrogen-bond acceptors (Lipinski definition) is 4. The predicted octanol–water partition coefficient (Wildman–Crippen LogP) is 2.28. The second kappa shape index (κ2) is 7.54. The molecule has 2 N–H and O–H groups in total. The van der Waals surface area contributed by atoms with E-state index in [2.05, 4.69) is 32.3 Å². The Morgan fingerprint density at radius 2 is 2.25 bits per heavy atom. The van der Waals surface area contributed by atoms with E-state index in [1.54, 1.807) is 11.3 Å². The van der Waals surface area contributed by atoms with Crippen molar-refractivity contribution in [1.29, 1.82) is 0 Å². The van der Waals surface area contributed by atoms with Gasteiger partial charge in [0.25, 0.3) is 0 Å². The van der Waals surface area contributed by atoms with Crippen LogP contribution in [0.1, 0.15) is 24.1 Å². The number of halogens is 1. The lowest BCUT2D eigenvalue weighted by molar-refractivity contribution is -0.131. The van der Waals surface area contributed by atoms with Crippen LogP contribution in [0.15, 0.2) is 15.9 Å². The van der Waals surface area contributed by atoms with E-state index in [1.807, 2.05) is 11.9 Å². The molecule has 112 valence electrons. The average molecular weight is 360 g/mol. The van der Waals surface area contributed by atoms with Crippen LogP contribution in [0.5, 0.6) is 0 Å². The van der Waals surface area contributed by atoms with Gasteiger partial charge in [0, 0.05) is 53.4 Å². The molecule has 0 aliphatic carbocycles. The highest BCUT2D eigenvalue weighted by molar-refractivity contribution is 9.10. The Morgan fingerprint density at radius 1 is 1.55 bits per heavy atom. The molecule has 2 rings (SSSR count). The van der Waals surface area contributed by atoms with Crippen molar-refractivity contribution in [3.63, 3.8) is 0 Å². The summed E-state index contributed by atoms with van der Waals surface area (Å²) in [4.78, 5) is 17.7. The molecule has 0 radical (unpaired) electrons. The first-order chi connectivity index (χ1) is 9.60. The quantitative estimate of drug-likeness (QED) is 0.847. The lowest BCUT2D eigenvalue weighted by Gasteiger charge is -2.27. The van der Waals surface area contributed by atoms with Crippen LogP contribution in [0.3, 0.4) is 0 Å². The Kier molecular flexibility index (Phi) is 6.01. The van der Waals surface area contributed by atoms with Gasteiger partial charge in [0.1, 0.15) is 0 Å². The second-order valence-electron chi connectivity index (χ2n) is 5.33. The van der Waals surface area contributed by atoms with Crippen molar-refractivity contribution in [2.45, 2.75) is 31.8 Å². The van der Waals surface area contributed by atoms with Gasteiger partial charge >= 0.3 is 0 Å². The predicted molar refractivity (Wildman–Crippen MR) is 86.8 cm³/mol. The zero-order chi connectivity index (χ0) is 14.5. The van der Waals surface area contributed by atoms with Gasteiger partial charge in [-0.15, -0.1) is 11.3 Å². The van der Waals surface area contributed by atoms with Crippen LogP contribution in [-0.2, 0) is 11.3 Å². The molecular formula is C14H22BrN3OS. The zero-order valence-corrected chi connectivity index (χ0v) is 14.3. The van der Waals surface area contributed by atoms with Crippen molar-refractivity contribution in [2.75, 3.05) is 26.7 Å². The fourth-order valence-corrected chi connectivity index (χ4v) is 4.04.